The molecule has 1 aliphatic heterocycles. The molecule has 1 saturated heterocycles. The minimum Gasteiger partial charge on any atom is -0.380 e. The first-order chi connectivity index (χ1) is 8.17. The lowest BCUT2D eigenvalue weighted by Crippen LogP contribution is -2.50. The van der Waals surface area contributed by atoms with Crippen molar-refractivity contribution in [2.45, 2.75) is 19.8 Å². The minimum absolute atomic E-state index is 0.343. The van der Waals surface area contributed by atoms with Crippen molar-refractivity contribution in [3.63, 3.8) is 0 Å². The van der Waals surface area contributed by atoms with Crippen molar-refractivity contribution in [1.29, 1.82) is 0 Å². The summed E-state index contributed by atoms with van der Waals surface area (Å²) in [7, 11) is -3.31. The van der Waals surface area contributed by atoms with E-state index in [0.29, 0.717) is 45.9 Å². The Kier molecular flexibility index (Phi) is 6.98. The van der Waals surface area contributed by atoms with E-state index >= 15 is 0 Å². The molecule has 6 nitrogen and oxygen atoms in total. The first-order valence-electron chi connectivity index (χ1n) is 6.20. The molecule has 2 N–H and O–H groups in total. The van der Waals surface area contributed by atoms with Gasteiger partial charge in [0.15, 0.2) is 0 Å². The molecule has 0 radical (unpaired) electrons. The summed E-state index contributed by atoms with van der Waals surface area (Å²) < 4.78 is 32.9. The van der Waals surface area contributed by atoms with Crippen molar-refractivity contribution < 1.29 is 13.2 Å². The fourth-order valence-corrected chi connectivity index (χ4v) is 2.75. The van der Waals surface area contributed by atoms with Gasteiger partial charge in [0.25, 0.3) is 10.2 Å². The molecule has 0 aromatic rings. The van der Waals surface area contributed by atoms with Gasteiger partial charge in [-0.3, -0.25) is 0 Å². The van der Waals surface area contributed by atoms with Crippen LogP contribution in [0.1, 0.15) is 19.8 Å². The zero-order valence-electron chi connectivity index (χ0n) is 10.4. The number of nitrogens with zero attached hydrogens (tertiary/aromatic N) is 1. The molecule has 1 rings (SSSR count). The van der Waals surface area contributed by atoms with Gasteiger partial charge in [-0.1, -0.05) is 13.3 Å². The minimum atomic E-state index is -3.31. The molecule has 0 bridgehead atoms. The third kappa shape index (κ3) is 5.78. The van der Waals surface area contributed by atoms with Gasteiger partial charge >= 0.3 is 0 Å². The van der Waals surface area contributed by atoms with Gasteiger partial charge in [0.1, 0.15) is 0 Å². The van der Waals surface area contributed by atoms with E-state index in [1.54, 1.807) is 0 Å². The maximum Gasteiger partial charge on any atom is 0.279 e. The molecule has 0 aliphatic carbocycles. The number of nitrogens with one attached hydrogen (secondary N) is 2. The van der Waals surface area contributed by atoms with Crippen LogP contribution in [0.4, 0.5) is 0 Å². The molecule has 0 amide bonds. The Morgan fingerprint density at radius 2 is 2.00 bits per heavy atom. The van der Waals surface area contributed by atoms with Crippen LogP contribution >= 0.6 is 0 Å². The highest BCUT2D eigenvalue weighted by atomic mass is 32.2. The molecule has 0 aromatic carbocycles. The summed E-state index contributed by atoms with van der Waals surface area (Å²) in [5.74, 6) is 0. The Labute approximate surface area is 104 Å². The lowest BCUT2D eigenvalue weighted by molar-refractivity contribution is 0.136. The van der Waals surface area contributed by atoms with Crippen LogP contribution in [0.15, 0.2) is 0 Å². The van der Waals surface area contributed by atoms with Gasteiger partial charge in [0.2, 0.25) is 0 Å². The van der Waals surface area contributed by atoms with E-state index in [9.17, 15) is 8.42 Å². The predicted molar refractivity (Wildman–Crippen MR) is 67.1 cm³/mol. The molecule has 1 aliphatic rings. The number of hydrogen-bond donors (Lipinski definition) is 2. The molecular formula is C10H23N3O3S. The van der Waals surface area contributed by atoms with Gasteiger partial charge < -0.3 is 10.1 Å². The van der Waals surface area contributed by atoms with E-state index in [2.05, 4.69) is 17.0 Å². The summed E-state index contributed by atoms with van der Waals surface area (Å²) >= 11 is 0. The fourth-order valence-electron chi connectivity index (χ4n) is 1.57. The third-order valence-corrected chi connectivity index (χ3v) is 4.20. The average Bonchev–Trinajstić information content (AvgIpc) is 2.35. The Hall–Kier alpha value is -0.210. The Bertz CT molecular complexity index is 289. The van der Waals surface area contributed by atoms with E-state index < -0.39 is 10.2 Å². The highest BCUT2D eigenvalue weighted by Gasteiger charge is 2.22. The highest BCUT2D eigenvalue weighted by molar-refractivity contribution is 7.87. The van der Waals surface area contributed by atoms with Crippen LogP contribution < -0.4 is 10.0 Å². The van der Waals surface area contributed by atoms with Crippen LogP contribution in [0.25, 0.3) is 0 Å². The second kappa shape index (κ2) is 7.99. The van der Waals surface area contributed by atoms with Crippen LogP contribution in [-0.2, 0) is 14.9 Å². The van der Waals surface area contributed by atoms with Crippen molar-refractivity contribution in [3.05, 3.63) is 0 Å². The Balaban J connectivity index is 2.15. The molecule has 102 valence electrons. The normalized spacial score (nSPS) is 18.4. The topological polar surface area (TPSA) is 70.7 Å². The van der Waals surface area contributed by atoms with Crippen LogP contribution in [0, 0.1) is 0 Å². The molecule has 17 heavy (non-hydrogen) atoms. The fraction of sp³-hybridized carbons (Fsp3) is 1.00. The second-order valence-electron chi connectivity index (χ2n) is 4.01. The van der Waals surface area contributed by atoms with Crippen LogP contribution in [0.3, 0.4) is 0 Å². The largest absolute Gasteiger partial charge is 0.380 e. The van der Waals surface area contributed by atoms with Crippen LogP contribution in [-0.4, -0.2) is 58.7 Å². The maximum absolute atomic E-state index is 11.8. The van der Waals surface area contributed by atoms with Gasteiger partial charge in [-0.05, 0) is 6.42 Å². The number of hydrogen-bond acceptors (Lipinski definition) is 4. The molecule has 1 heterocycles. The summed E-state index contributed by atoms with van der Waals surface area (Å²) in [6.07, 6.45) is 2.11. The second-order valence-corrected chi connectivity index (χ2v) is 5.77. The molecule has 0 atom stereocenters. The van der Waals surface area contributed by atoms with Crippen molar-refractivity contribution >= 4 is 10.2 Å². The zero-order valence-corrected chi connectivity index (χ0v) is 11.3. The average molecular weight is 265 g/mol. The van der Waals surface area contributed by atoms with Crippen LogP contribution in [0.2, 0.25) is 0 Å². The molecule has 0 spiro atoms. The first kappa shape index (κ1) is 14.8. The lowest BCUT2D eigenvalue weighted by atomic mass is 10.4. The smallest absolute Gasteiger partial charge is 0.279 e. The highest BCUT2D eigenvalue weighted by Crippen LogP contribution is 1.99. The molecular weight excluding hydrogens is 242 g/mol. The number of rotatable bonds is 8. The Morgan fingerprint density at radius 3 is 2.65 bits per heavy atom. The van der Waals surface area contributed by atoms with E-state index in [4.69, 9.17) is 4.74 Å². The van der Waals surface area contributed by atoms with E-state index in [-0.39, 0.29) is 0 Å². The Morgan fingerprint density at radius 1 is 1.29 bits per heavy atom. The summed E-state index contributed by atoms with van der Waals surface area (Å²) in [6.45, 7) is 6.07. The SMILES string of the molecule is CCCCOCCNS(=O)(=O)N1CCNCC1. The summed E-state index contributed by atoms with van der Waals surface area (Å²) in [6, 6.07) is 0. The van der Waals surface area contributed by atoms with Crippen molar-refractivity contribution in [2.24, 2.45) is 0 Å². The molecule has 1 fully saturated rings. The number of unbranched alkanes of at least 4 members (excludes halogenated alkanes) is 1. The number of ether oxygens (including phenoxy) is 1. The molecule has 0 aromatic heterocycles. The quantitative estimate of drug-likeness (QED) is 0.583. The summed E-state index contributed by atoms with van der Waals surface area (Å²) in [5, 5.41) is 3.12. The van der Waals surface area contributed by atoms with Gasteiger partial charge in [-0.25, -0.2) is 0 Å². The van der Waals surface area contributed by atoms with Crippen molar-refractivity contribution in [2.75, 3.05) is 45.9 Å². The van der Waals surface area contributed by atoms with Gasteiger partial charge in [-0.15, -0.1) is 0 Å². The summed E-state index contributed by atoms with van der Waals surface area (Å²) in [5.41, 5.74) is 0. The van der Waals surface area contributed by atoms with E-state index in [1.165, 1.54) is 4.31 Å². The van der Waals surface area contributed by atoms with Crippen LogP contribution in [0.5, 0.6) is 0 Å². The van der Waals surface area contributed by atoms with Gasteiger partial charge in [0.05, 0.1) is 6.61 Å². The predicted octanol–water partition coefficient (Wildman–Crippen LogP) is -0.457. The standard InChI is InChI=1S/C10H23N3O3S/c1-2-3-9-16-10-6-12-17(14,15)13-7-4-11-5-8-13/h11-12H,2-10H2,1H3. The number of piperazine rings is 1. The van der Waals surface area contributed by atoms with E-state index in [1.807, 2.05) is 0 Å². The van der Waals surface area contributed by atoms with Crippen molar-refractivity contribution in [3.8, 4) is 0 Å². The molecule has 0 unspecified atom stereocenters. The van der Waals surface area contributed by atoms with Crippen molar-refractivity contribution in [1.82, 2.24) is 14.3 Å². The maximum atomic E-state index is 11.8. The zero-order chi connectivity index (χ0) is 12.6. The summed E-state index contributed by atoms with van der Waals surface area (Å²) in [4.78, 5) is 0. The molecule has 0 saturated carbocycles. The van der Waals surface area contributed by atoms with E-state index in [0.717, 1.165) is 12.8 Å². The lowest BCUT2D eigenvalue weighted by Gasteiger charge is -2.26. The first-order valence-corrected chi connectivity index (χ1v) is 7.64. The third-order valence-electron chi connectivity index (χ3n) is 2.59. The van der Waals surface area contributed by atoms with Gasteiger partial charge in [0, 0.05) is 39.3 Å². The molecule has 7 heteroatoms. The van der Waals surface area contributed by atoms with Gasteiger partial charge in [-0.2, -0.15) is 17.4 Å². The monoisotopic (exact) mass is 265 g/mol.